The molecule has 1 aliphatic rings. The Bertz CT molecular complexity index is 408. The fraction of sp³-hybridized carbons (Fsp3) is 0.941. The lowest BCUT2D eigenvalue weighted by molar-refractivity contribution is 0.155. The van der Waals surface area contributed by atoms with Gasteiger partial charge in [-0.2, -0.15) is 0 Å². The van der Waals surface area contributed by atoms with E-state index in [4.69, 9.17) is 4.74 Å². The first-order chi connectivity index (χ1) is 11.4. The maximum absolute atomic E-state index is 12.1. The molecule has 1 heterocycles. The molecule has 8 heteroatoms. The van der Waals surface area contributed by atoms with Crippen molar-refractivity contribution in [3.05, 3.63) is 0 Å². The molecule has 0 spiro atoms. The van der Waals surface area contributed by atoms with Crippen molar-refractivity contribution in [1.82, 2.24) is 15.5 Å². The topological polar surface area (TPSA) is 66.0 Å². The number of halogens is 1. The summed E-state index contributed by atoms with van der Waals surface area (Å²) >= 11 is 0. The van der Waals surface area contributed by atoms with Gasteiger partial charge in [-0.05, 0) is 40.0 Å². The molecule has 0 aromatic rings. The van der Waals surface area contributed by atoms with Crippen molar-refractivity contribution in [2.45, 2.75) is 50.8 Å². The molecule has 6 nitrogen and oxygen atoms in total. The molecule has 150 valence electrons. The monoisotopic (exact) mass is 488 g/mol. The van der Waals surface area contributed by atoms with Crippen LogP contribution in [0, 0.1) is 0 Å². The quantitative estimate of drug-likeness (QED) is 0.236. The predicted octanol–water partition coefficient (Wildman–Crippen LogP) is 1.82. The molecular weight excluding hydrogens is 451 g/mol. The molecule has 0 amide bonds. The molecule has 0 aliphatic carbocycles. The molecule has 0 bridgehead atoms. The fourth-order valence-electron chi connectivity index (χ4n) is 2.69. The van der Waals surface area contributed by atoms with Crippen molar-refractivity contribution in [2.24, 2.45) is 4.99 Å². The van der Waals surface area contributed by atoms with E-state index in [9.17, 15) is 4.21 Å². The maximum atomic E-state index is 12.1. The number of piperidine rings is 1. The summed E-state index contributed by atoms with van der Waals surface area (Å²) in [5.74, 6) is 1.46. The Kier molecular flexibility index (Phi) is 13.3. The normalized spacial score (nSPS) is 18.5. The van der Waals surface area contributed by atoms with Crippen LogP contribution in [0.1, 0.15) is 40.0 Å². The molecule has 0 aromatic carbocycles. The van der Waals surface area contributed by atoms with Crippen LogP contribution in [0.25, 0.3) is 0 Å². The van der Waals surface area contributed by atoms with Crippen molar-refractivity contribution in [3.63, 3.8) is 0 Å². The Morgan fingerprint density at radius 2 is 1.96 bits per heavy atom. The van der Waals surface area contributed by atoms with E-state index in [1.807, 2.05) is 20.8 Å². The average molecular weight is 488 g/mol. The second-order valence-corrected chi connectivity index (χ2v) is 9.59. The molecule has 1 atom stereocenters. The number of hydrogen-bond donors (Lipinski definition) is 2. The lowest BCUT2D eigenvalue weighted by atomic mass is 10.1. The standard InChI is InChI=1S/C17H36N4O2S.HI/c1-17(2,3)24(22)14-9-19-16(18-4)20-15-7-11-21(12-8-15)10-6-13-23-5;/h15H,6-14H2,1-5H3,(H2,18,19,20);1H. The third-order valence-corrected chi connectivity index (χ3v) is 6.18. The molecule has 1 aliphatic heterocycles. The summed E-state index contributed by atoms with van der Waals surface area (Å²) in [6.07, 6.45) is 3.35. The van der Waals surface area contributed by atoms with Crippen LogP contribution in [0.2, 0.25) is 0 Å². The highest BCUT2D eigenvalue weighted by Crippen LogP contribution is 2.11. The Labute approximate surface area is 173 Å². The number of nitrogens with one attached hydrogen (secondary N) is 2. The van der Waals surface area contributed by atoms with Gasteiger partial charge < -0.3 is 20.3 Å². The summed E-state index contributed by atoms with van der Waals surface area (Å²) in [4.78, 5) is 6.79. The number of ether oxygens (including phenoxy) is 1. The molecule has 1 saturated heterocycles. The second-order valence-electron chi connectivity index (χ2n) is 7.27. The third-order valence-electron chi connectivity index (χ3n) is 4.24. The average Bonchev–Trinajstić information content (AvgIpc) is 2.54. The number of guanidine groups is 1. The molecule has 2 N–H and O–H groups in total. The molecule has 0 aromatic heterocycles. The Morgan fingerprint density at radius 3 is 2.48 bits per heavy atom. The summed E-state index contributed by atoms with van der Waals surface area (Å²) in [5.41, 5.74) is 0. The fourth-order valence-corrected chi connectivity index (χ4v) is 3.59. The zero-order valence-electron chi connectivity index (χ0n) is 16.5. The Balaban J connectivity index is 0.00000576. The minimum Gasteiger partial charge on any atom is -0.385 e. The van der Waals surface area contributed by atoms with Gasteiger partial charge in [0.05, 0.1) is 0 Å². The van der Waals surface area contributed by atoms with Crippen molar-refractivity contribution in [1.29, 1.82) is 0 Å². The summed E-state index contributed by atoms with van der Waals surface area (Å²) in [6.45, 7) is 10.9. The molecular formula is C17H37IN4O2S. The molecule has 1 rings (SSSR count). The van der Waals surface area contributed by atoms with E-state index in [1.165, 1.54) is 0 Å². The van der Waals surface area contributed by atoms with Crippen LogP contribution in [-0.4, -0.2) is 78.6 Å². The summed E-state index contributed by atoms with van der Waals surface area (Å²) in [6, 6.07) is 0.461. The lowest BCUT2D eigenvalue weighted by Gasteiger charge is -2.33. The Hall–Kier alpha value is 0.0700. The molecule has 1 fully saturated rings. The van der Waals surface area contributed by atoms with E-state index in [0.717, 1.165) is 51.5 Å². The summed E-state index contributed by atoms with van der Waals surface area (Å²) in [7, 11) is 2.71. The van der Waals surface area contributed by atoms with E-state index >= 15 is 0 Å². The van der Waals surface area contributed by atoms with Crippen molar-refractivity contribution < 1.29 is 8.95 Å². The number of nitrogens with zero attached hydrogens (tertiary/aromatic N) is 2. The van der Waals surface area contributed by atoms with Gasteiger partial charge in [-0.1, -0.05) is 0 Å². The SMILES string of the molecule is CN=C(NCCS(=O)C(C)(C)C)NC1CCN(CCCOC)CC1.I. The van der Waals surface area contributed by atoms with Gasteiger partial charge in [-0.3, -0.25) is 9.20 Å². The number of hydrogen-bond acceptors (Lipinski definition) is 4. The second kappa shape index (κ2) is 13.3. The van der Waals surface area contributed by atoms with Gasteiger partial charge in [0, 0.05) is 74.3 Å². The van der Waals surface area contributed by atoms with E-state index in [0.29, 0.717) is 18.3 Å². The smallest absolute Gasteiger partial charge is 0.191 e. The van der Waals surface area contributed by atoms with Crippen LogP contribution in [0.3, 0.4) is 0 Å². The lowest BCUT2D eigenvalue weighted by Crippen LogP contribution is -2.49. The van der Waals surface area contributed by atoms with Crippen LogP contribution in [0.4, 0.5) is 0 Å². The first-order valence-electron chi connectivity index (χ1n) is 8.93. The van der Waals surface area contributed by atoms with Gasteiger partial charge in [0.25, 0.3) is 0 Å². The molecule has 0 radical (unpaired) electrons. The van der Waals surface area contributed by atoms with Crippen LogP contribution < -0.4 is 10.6 Å². The van der Waals surface area contributed by atoms with Crippen molar-refractivity contribution in [3.8, 4) is 0 Å². The number of likely N-dealkylation sites (tertiary alicyclic amines) is 1. The summed E-state index contributed by atoms with van der Waals surface area (Å²) in [5, 5.41) is 6.78. The van der Waals surface area contributed by atoms with E-state index in [2.05, 4.69) is 20.5 Å². The Morgan fingerprint density at radius 1 is 1.32 bits per heavy atom. The van der Waals surface area contributed by atoms with Gasteiger partial charge in [-0.15, -0.1) is 24.0 Å². The van der Waals surface area contributed by atoms with Crippen molar-refractivity contribution >= 4 is 40.7 Å². The van der Waals surface area contributed by atoms with Crippen LogP contribution >= 0.6 is 24.0 Å². The first-order valence-corrected chi connectivity index (χ1v) is 10.3. The van der Waals surface area contributed by atoms with Gasteiger partial charge in [0.2, 0.25) is 0 Å². The minimum absolute atomic E-state index is 0. The van der Waals surface area contributed by atoms with Gasteiger partial charge in [0.15, 0.2) is 5.96 Å². The van der Waals surface area contributed by atoms with E-state index in [1.54, 1.807) is 14.2 Å². The zero-order chi connectivity index (χ0) is 18.0. The van der Waals surface area contributed by atoms with Gasteiger partial charge in [-0.25, -0.2) is 0 Å². The largest absolute Gasteiger partial charge is 0.385 e. The van der Waals surface area contributed by atoms with Crippen LogP contribution in [0.5, 0.6) is 0 Å². The van der Waals surface area contributed by atoms with Crippen LogP contribution in [-0.2, 0) is 15.5 Å². The summed E-state index contributed by atoms with van der Waals surface area (Å²) < 4.78 is 17.0. The van der Waals surface area contributed by atoms with Crippen molar-refractivity contribution in [2.75, 3.05) is 52.7 Å². The van der Waals surface area contributed by atoms with Gasteiger partial charge in [0.1, 0.15) is 0 Å². The highest BCUT2D eigenvalue weighted by atomic mass is 127. The molecule has 25 heavy (non-hydrogen) atoms. The first kappa shape index (κ1) is 25.1. The third kappa shape index (κ3) is 10.7. The number of methoxy groups -OCH3 is 1. The predicted molar refractivity (Wildman–Crippen MR) is 119 cm³/mol. The number of aliphatic imine (C=N–C) groups is 1. The minimum atomic E-state index is -0.834. The van der Waals surface area contributed by atoms with E-state index < -0.39 is 10.8 Å². The highest BCUT2D eigenvalue weighted by molar-refractivity contribution is 14.0. The molecule has 0 saturated carbocycles. The number of rotatable bonds is 8. The molecule has 1 unspecified atom stereocenters. The van der Waals surface area contributed by atoms with Gasteiger partial charge >= 0.3 is 0 Å². The highest BCUT2D eigenvalue weighted by Gasteiger charge is 2.21. The van der Waals surface area contributed by atoms with Crippen LogP contribution in [0.15, 0.2) is 4.99 Å². The maximum Gasteiger partial charge on any atom is 0.191 e. The van der Waals surface area contributed by atoms with E-state index in [-0.39, 0.29) is 28.7 Å². The zero-order valence-corrected chi connectivity index (χ0v) is 19.6.